The highest BCUT2D eigenvalue weighted by atomic mass is 16.3. The number of phenols is 1. The van der Waals surface area contributed by atoms with Gasteiger partial charge in [-0.2, -0.15) is 0 Å². The van der Waals surface area contributed by atoms with Crippen LogP contribution in [0.25, 0.3) is 10.9 Å². The minimum absolute atomic E-state index is 0.375. The van der Waals surface area contributed by atoms with Crippen molar-refractivity contribution in [3.63, 3.8) is 0 Å². The number of hydrogen-bond acceptors (Lipinski definition) is 2. The van der Waals surface area contributed by atoms with Crippen molar-refractivity contribution in [1.29, 1.82) is 0 Å². The summed E-state index contributed by atoms with van der Waals surface area (Å²) in [7, 11) is 0. The molecule has 0 aliphatic carbocycles. The SMILES string of the molecule is Cc1cc2ncccc2c(C)c1O. The third-order valence-electron chi connectivity index (χ3n) is 2.32. The first kappa shape index (κ1) is 8.05. The van der Waals surface area contributed by atoms with Gasteiger partial charge in [-0.05, 0) is 31.5 Å². The summed E-state index contributed by atoms with van der Waals surface area (Å²) in [5.74, 6) is 0.375. The van der Waals surface area contributed by atoms with Crippen molar-refractivity contribution in [2.75, 3.05) is 0 Å². The van der Waals surface area contributed by atoms with Crippen LogP contribution in [0.3, 0.4) is 0 Å². The van der Waals surface area contributed by atoms with Crippen molar-refractivity contribution < 1.29 is 5.11 Å². The van der Waals surface area contributed by atoms with Crippen molar-refractivity contribution in [3.8, 4) is 5.75 Å². The van der Waals surface area contributed by atoms with Gasteiger partial charge in [0.25, 0.3) is 0 Å². The van der Waals surface area contributed by atoms with Gasteiger partial charge in [0.05, 0.1) is 5.52 Å². The topological polar surface area (TPSA) is 33.1 Å². The first-order valence-electron chi connectivity index (χ1n) is 4.24. The summed E-state index contributed by atoms with van der Waals surface area (Å²) >= 11 is 0. The Morgan fingerprint density at radius 1 is 1.31 bits per heavy atom. The van der Waals surface area contributed by atoms with Gasteiger partial charge in [-0.25, -0.2) is 0 Å². The molecule has 0 fully saturated rings. The van der Waals surface area contributed by atoms with E-state index in [0.717, 1.165) is 22.0 Å². The van der Waals surface area contributed by atoms with E-state index in [2.05, 4.69) is 4.98 Å². The number of fused-ring (bicyclic) bond motifs is 1. The van der Waals surface area contributed by atoms with E-state index < -0.39 is 0 Å². The molecule has 0 amide bonds. The second-order valence-electron chi connectivity index (χ2n) is 3.24. The molecule has 0 aliphatic heterocycles. The van der Waals surface area contributed by atoms with Gasteiger partial charge < -0.3 is 5.11 Å². The molecule has 13 heavy (non-hydrogen) atoms. The molecular formula is C11H11NO. The number of pyridine rings is 1. The van der Waals surface area contributed by atoms with Crippen LogP contribution in [0.15, 0.2) is 24.4 Å². The summed E-state index contributed by atoms with van der Waals surface area (Å²) in [6, 6.07) is 5.75. The Labute approximate surface area is 76.9 Å². The lowest BCUT2D eigenvalue weighted by atomic mass is 10.0. The Morgan fingerprint density at radius 2 is 2.08 bits per heavy atom. The predicted molar refractivity (Wildman–Crippen MR) is 52.9 cm³/mol. The number of benzene rings is 1. The van der Waals surface area contributed by atoms with Gasteiger partial charge >= 0.3 is 0 Å². The molecule has 0 radical (unpaired) electrons. The molecule has 2 nitrogen and oxygen atoms in total. The normalized spacial score (nSPS) is 10.6. The van der Waals surface area contributed by atoms with Crippen LogP contribution in [-0.2, 0) is 0 Å². The second kappa shape index (κ2) is 2.73. The number of aromatic hydroxyl groups is 1. The first-order valence-corrected chi connectivity index (χ1v) is 4.24. The predicted octanol–water partition coefficient (Wildman–Crippen LogP) is 2.56. The monoisotopic (exact) mass is 173 g/mol. The molecule has 0 spiro atoms. The minimum atomic E-state index is 0.375. The fourth-order valence-electron chi connectivity index (χ4n) is 1.55. The molecule has 0 bridgehead atoms. The van der Waals surface area contributed by atoms with E-state index in [9.17, 15) is 5.11 Å². The van der Waals surface area contributed by atoms with Crippen molar-refractivity contribution in [2.24, 2.45) is 0 Å². The Hall–Kier alpha value is -1.57. The summed E-state index contributed by atoms with van der Waals surface area (Å²) in [6.45, 7) is 3.79. The Balaban J connectivity index is 2.94. The molecule has 0 unspecified atom stereocenters. The minimum Gasteiger partial charge on any atom is -0.507 e. The molecule has 1 aromatic carbocycles. The number of nitrogens with zero attached hydrogens (tertiary/aromatic N) is 1. The number of hydrogen-bond donors (Lipinski definition) is 1. The molecule has 0 aliphatic rings. The lowest BCUT2D eigenvalue weighted by Crippen LogP contribution is -1.85. The summed E-state index contributed by atoms with van der Waals surface area (Å²) in [6.07, 6.45) is 1.76. The molecule has 66 valence electrons. The van der Waals surface area contributed by atoms with Gasteiger partial charge in [0.15, 0.2) is 0 Å². The zero-order valence-corrected chi connectivity index (χ0v) is 7.70. The van der Waals surface area contributed by atoms with Crippen LogP contribution in [-0.4, -0.2) is 10.1 Å². The van der Waals surface area contributed by atoms with E-state index in [1.165, 1.54) is 0 Å². The van der Waals surface area contributed by atoms with Crippen molar-refractivity contribution >= 4 is 10.9 Å². The van der Waals surface area contributed by atoms with Gasteiger partial charge in [0, 0.05) is 17.1 Å². The van der Waals surface area contributed by atoms with E-state index in [-0.39, 0.29) is 0 Å². The van der Waals surface area contributed by atoms with Crippen LogP contribution < -0.4 is 0 Å². The van der Waals surface area contributed by atoms with E-state index in [1.54, 1.807) is 6.20 Å². The van der Waals surface area contributed by atoms with Crippen LogP contribution in [0, 0.1) is 13.8 Å². The standard InChI is InChI=1S/C11H11NO/c1-7-6-10-9(4-3-5-12-10)8(2)11(7)13/h3-6,13H,1-2H3. The molecule has 1 aromatic heterocycles. The number of rotatable bonds is 0. The fourth-order valence-corrected chi connectivity index (χ4v) is 1.55. The number of phenolic OH excluding ortho intramolecular Hbond substituents is 1. The average molecular weight is 173 g/mol. The van der Waals surface area contributed by atoms with E-state index >= 15 is 0 Å². The summed E-state index contributed by atoms with van der Waals surface area (Å²) in [4.78, 5) is 4.23. The highest BCUT2D eigenvalue weighted by Gasteiger charge is 2.05. The van der Waals surface area contributed by atoms with E-state index in [1.807, 2.05) is 32.0 Å². The third-order valence-corrected chi connectivity index (χ3v) is 2.32. The summed E-state index contributed by atoms with van der Waals surface area (Å²) in [5, 5.41) is 10.7. The zero-order valence-electron chi connectivity index (χ0n) is 7.70. The van der Waals surface area contributed by atoms with Crippen molar-refractivity contribution in [2.45, 2.75) is 13.8 Å². The van der Waals surface area contributed by atoms with Crippen LogP contribution in [0.1, 0.15) is 11.1 Å². The summed E-state index contributed by atoms with van der Waals surface area (Å²) < 4.78 is 0. The quantitative estimate of drug-likeness (QED) is 0.664. The second-order valence-corrected chi connectivity index (χ2v) is 3.24. The van der Waals surface area contributed by atoms with Crippen LogP contribution >= 0.6 is 0 Å². The largest absolute Gasteiger partial charge is 0.507 e. The lowest BCUT2D eigenvalue weighted by Gasteiger charge is -2.06. The maximum absolute atomic E-state index is 9.68. The number of aromatic nitrogens is 1. The lowest BCUT2D eigenvalue weighted by molar-refractivity contribution is 0.468. The Morgan fingerprint density at radius 3 is 2.85 bits per heavy atom. The van der Waals surface area contributed by atoms with E-state index in [0.29, 0.717) is 5.75 Å². The van der Waals surface area contributed by atoms with Gasteiger partial charge in [-0.3, -0.25) is 4.98 Å². The Bertz CT molecular complexity index is 463. The van der Waals surface area contributed by atoms with Gasteiger partial charge in [0.2, 0.25) is 0 Å². The summed E-state index contributed by atoms with van der Waals surface area (Å²) in [5.41, 5.74) is 2.72. The van der Waals surface area contributed by atoms with Gasteiger partial charge in [0.1, 0.15) is 5.75 Å². The fraction of sp³-hybridized carbons (Fsp3) is 0.182. The highest BCUT2D eigenvalue weighted by Crippen LogP contribution is 2.28. The third kappa shape index (κ3) is 1.15. The average Bonchev–Trinajstić information content (AvgIpc) is 2.15. The molecule has 2 heteroatoms. The number of aryl methyl sites for hydroxylation is 2. The van der Waals surface area contributed by atoms with Crippen LogP contribution in [0.4, 0.5) is 0 Å². The first-order chi connectivity index (χ1) is 6.20. The van der Waals surface area contributed by atoms with Crippen LogP contribution in [0.2, 0.25) is 0 Å². The zero-order chi connectivity index (χ0) is 9.42. The molecule has 0 saturated carbocycles. The smallest absolute Gasteiger partial charge is 0.122 e. The highest BCUT2D eigenvalue weighted by molar-refractivity contribution is 5.85. The molecule has 2 rings (SSSR count). The Kier molecular flexibility index (Phi) is 1.69. The van der Waals surface area contributed by atoms with Crippen LogP contribution in [0.5, 0.6) is 5.75 Å². The van der Waals surface area contributed by atoms with Gasteiger partial charge in [-0.1, -0.05) is 6.07 Å². The maximum Gasteiger partial charge on any atom is 0.122 e. The van der Waals surface area contributed by atoms with Gasteiger partial charge in [-0.15, -0.1) is 0 Å². The maximum atomic E-state index is 9.68. The molecule has 1 N–H and O–H groups in total. The van der Waals surface area contributed by atoms with E-state index in [4.69, 9.17) is 0 Å². The molecule has 0 atom stereocenters. The van der Waals surface area contributed by atoms with Crippen molar-refractivity contribution in [3.05, 3.63) is 35.5 Å². The molecular weight excluding hydrogens is 162 g/mol. The molecule has 0 saturated heterocycles. The molecule has 2 aromatic rings. The molecule has 1 heterocycles. The van der Waals surface area contributed by atoms with Crippen molar-refractivity contribution in [1.82, 2.24) is 4.98 Å².